The molecule has 0 fully saturated rings. The van der Waals surface area contributed by atoms with E-state index < -0.39 is 16.9 Å². The topological polar surface area (TPSA) is 37.3 Å². The van der Waals surface area contributed by atoms with Crippen molar-refractivity contribution in [3.05, 3.63) is 29.6 Å². The van der Waals surface area contributed by atoms with E-state index in [1.807, 2.05) is 0 Å². The number of halogens is 1. The van der Waals surface area contributed by atoms with Gasteiger partial charge in [-0.3, -0.25) is 0 Å². The summed E-state index contributed by atoms with van der Waals surface area (Å²) in [6.45, 7) is 1.66. The Labute approximate surface area is 66.3 Å². The second-order valence-electron chi connectivity index (χ2n) is 2.16. The van der Waals surface area contributed by atoms with Gasteiger partial charge in [0.25, 0.3) is 0 Å². The quantitative estimate of drug-likeness (QED) is 0.658. The van der Waals surface area contributed by atoms with Crippen LogP contribution >= 0.6 is 0 Å². The summed E-state index contributed by atoms with van der Waals surface area (Å²) in [5.41, 5.74) is 0.618. The van der Waals surface area contributed by atoms with E-state index in [9.17, 15) is 8.60 Å². The highest BCUT2D eigenvalue weighted by molar-refractivity contribution is 7.79. The SMILES string of the molecule is Cc1ccc(F)cc1S(=O)O. The summed E-state index contributed by atoms with van der Waals surface area (Å²) in [7, 11) is 0. The van der Waals surface area contributed by atoms with Crippen molar-refractivity contribution < 1.29 is 13.2 Å². The van der Waals surface area contributed by atoms with E-state index in [1.165, 1.54) is 12.1 Å². The molecule has 0 aliphatic heterocycles. The van der Waals surface area contributed by atoms with Crippen LogP contribution in [0, 0.1) is 12.7 Å². The molecule has 0 aliphatic carbocycles. The molecular formula is C7H7FO2S. The predicted molar refractivity (Wildman–Crippen MR) is 40.2 cm³/mol. The number of hydrogen-bond donors (Lipinski definition) is 1. The Morgan fingerprint density at radius 2 is 2.18 bits per heavy atom. The maximum absolute atomic E-state index is 12.5. The first kappa shape index (κ1) is 8.36. The summed E-state index contributed by atoms with van der Waals surface area (Å²) >= 11 is -2.09. The van der Waals surface area contributed by atoms with Crippen LogP contribution in [-0.4, -0.2) is 8.76 Å². The number of rotatable bonds is 1. The molecule has 0 radical (unpaired) electrons. The lowest BCUT2D eigenvalue weighted by molar-refractivity contribution is 0.560. The van der Waals surface area contributed by atoms with Crippen molar-refractivity contribution in [2.45, 2.75) is 11.8 Å². The van der Waals surface area contributed by atoms with Gasteiger partial charge in [-0.2, -0.15) is 0 Å². The van der Waals surface area contributed by atoms with Gasteiger partial charge >= 0.3 is 0 Å². The number of benzene rings is 1. The summed E-state index contributed by atoms with van der Waals surface area (Å²) in [6.07, 6.45) is 0. The highest BCUT2D eigenvalue weighted by Gasteiger charge is 2.04. The molecule has 1 rings (SSSR count). The summed E-state index contributed by atoms with van der Waals surface area (Å²) < 4.78 is 31.6. The van der Waals surface area contributed by atoms with E-state index in [2.05, 4.69) is 0 Å². The van der Waals surface area contributed by atoms with Crippen LogP contribution in [0.25, 0.3) is 0 Å². The third kappa shape index (κ3) is 1.85. The molecule has 1 aromatic carbocycles. The minimum absolute atomic E-state index is 0.130. The van der Waals surface area contributed by atoms with Crippen molar-refractivity contribution in [3.63, 3.8) is 0 Å². The fourth-order valence-electron chi connectivity index (χ4n) is 0.762. The first-order valence-corrected chi connectivity index (χ1v) is 4.09. The van der Waals surface area contributed by atoms with Crippen molar-refractivity contribution in [3.8, 4) is 0 Å². The molecule has 0 saturated carbocycles. The van der Waals surface area contributed by atoms with Gasteiger partial charge < -0.3 is 4.55 Å². The molecule has 2 nitrogen and oxygen atoms in total. The molecule has 0 bridgehead atoms. The molecule has 4 heteroatoms. The van der Waals surface area contributed by atoms with Crippen LogP contribution in [0.2, 0.25) is 0 Å². The first-order valence-electron chi connectivity index (χ1n) is 2.98. The van der Waals surface area contributed by atoms with Gasteiger partial charge in [-0.1, -0.05) is 6.07 Å². The smallest absolute Gasteiger partial charge is 0.186 e. The van der Waals surface area contributed by atoms with Crippen LogP contribution < -0.4 is 0 Å². The molecule has 0 aromatic heterocycles. The van der Waals surface area contributed by atoms with Crippen LogP contribution in [0.4, 0.5) is 4.39 Å². The molecule has 1 N–H and O–H groups in total. The molecule has 0 aliphatic rings. The van der Waals surface area contributed by atoms with Crippen LogP contribution in [0.5, 0.6) is 0 Å². The van der Waals surface area contributed by atoms with Crippen molar-refractivity contribution in [2.24, 2.45) is 0 Å². The largest absolute Gasteiger partial charge is 0.302 e. The van der Waals surface area contributed by atoms with E-state index in [-0.39, 0.29) is 4.90 Å². The van der Waals surface area contributed by atoms with Crippen LogP contribution in [0.15, 0.2) is 23.1 Å². The third-order valence-electron chi connectivity index (χ3n) is 1.34. The second kappa shape index (κ2) is 3.11. The maximum atomic E-state index is 12.5. The van der Waals surface area contributed by atoms with Crippen molar-refractivity contribution in [1.29, 1.82) is 0 Å². The zero-order valence-corrected chi connectivity index (χ0v) is 6.69. The Kier molecular flexibility index (Phi) is 2.36. The Balaban J connectivity index is 3.23. The van der Waals surface area contributed by atoms with E-state index >= 15 is 0 Å². The van der Waals surface area contributed by atoms with Crippen LogP contribution in [0.1, 0.15) is 5.56 Å². The van der Waals surface area contributed by atoms with E-state index in [1.54, 1.807) is 6.92 Å². The molecule has 0 amide bonds. The van der Waals surface area contributed by atoms with Crippen molar-refractivity contribution in [2.75, 3.05) is 0 Å². The zero-order chi connectivity index (χ0) is 8.43. The zero-order valence-electron chi connectivity index (χ0n) is 5.87. The molecule has 1 aromatic rings. The van der Waals surface area contributed by atoms with Gasteiger partial charge in [-0.15, -0.1) is 0 Å². The van der Waals surface area contributed by atoms with E-state index in [0.717, 1.165) is 6.07 Å². The molecule has 1 atom stereocenters. The average molecular weight is 174 g/mol. The van der Waals surface area contributed by atoms with Crippen molar-refractivity contribution in [1.82, 2.24) is 0 Å². The van der Waals surface area contributed by atoms with Gasteiger partial charge in [0.2, 0.25) is 0 Å². The fourth-order valence-corrected chi connectivity index (χ4v) is 1.32. The third-order valence-corrected chi connectivity index (χ3v) is 2.15. The summed E-state index contributed by atoms with van der Waals surface area (Å²) in [5.74, 6) is -0.493. The standard InChI is InChI=1S/C7H7FO2S/c1-5-2-3-6(8)4-7(5)11(9)10/h2-4H,1H3,(H,9,10). The van der Waals surface area contributed by atoms with E-state index in [4.69, 9.17) is 4.55 Å². The molecular weight excluding hydrogens is 167 g/mol. The number of hydrogen-bond acceptors (Lipinski definition) is 1. The normalized spacial score (nSPS) is 13.0. The lowest BCUT2D eigenvalue weighted by atomic mass is 10.2. The molecule has 60 valence electrons. The highest BCUT2D eigenvalue weighted by Crippen LogP contribution is 2.12. The lowest BCUT2D eigenvalue weighted by Crippen LogP contribution is -1.92. The van der Waals surface area contributed by atoms with Crippen LogP contribution in [0.3, 0.4) is 0 Å². The predicted octanol–water partition coefficient (Wildman–Crippen LogP) is 1.71. The van der Waals surface area contributed by atoms with Gasteiger partial charge in [-0.05, 0) is 24.6 Å². The van der Waals surface area contributed by atoms with Gasteiger partial charge in [0.05, 0.1) is 4.90 Å². The Morgan fingerprint density at radius 3 is 2.64 bits per heavy atom. The molecule has 11 heavy (non-hydrogen) atoms. The average Bonchev–Trinajstić information content (AvgIpc) is 1.94. The molecule has 0 saturated heterocycles. The monoisotopic (exact) mass is 174 g/mol. The maximum Gasteiger partial charge on any atom is 0.186 e. The first-order chi connectivity index (χ1) is 5.11. The Bertz CT molecular complexity index is 298. The van der Waals surface area contributed by atoms with Gasteiger partial charge in [0.1, 0.15) is 5.82 Å². The minimum atomic E-state index is -2.09. The molecule has 0 heterocycles. The van der Waals surface area contributed by atoms with Gasteiger partial charge in [0.15, 0.2) is 11.1 Å². The second-order valence-corrected chi connectivity index (χ2v) is 3.10. The highest BCUT2D eigenvalue weighted by atomic mass is 32.2. The molecule has 1 unspecified atom stereocenters. The van der Waals surface area contributed by atoms with Crippen molar-refractivity contribution >= 4 is 11.1 Å². The minimum Gasteiger partial charge on any atom is -0.302 e. The van der Waals surface area contributed by atoms with Gasteiger partial charge in [0, 0.05) is 0 Å². The summed E-state index contributed by atoms with van der Waals surface area (Å²) in [5, 5.41) is 0. The van der Waals surface area contributed by atoms with Gasteiger partial charge in [-0.25, -0.2) is 8.60 Å². The summed E-state index contributed by atoms with van der Waals surface area (Å²) in [4.78, 5) is 0.130. The molecule has 0 spiro atoms. The lowest BCUT2D eigenvalue weighted by Gasteiger charge is -1.98. The fraction of sp³-hybridized carbons (Fsp3) is 0.143. The number of aryl methyl sites for hydroxylation is 1. The Hall–Kier alpha value is -0.740. The van der Waals surface area contributed by atoms with E-state index in [0.29, 0.717) is 5.56 Å². The Morgan fingerprint density at radius 1 is 1.55 bits per heavy atom. The summed E-state index contributed by atoms with van der Waals surface area (Å²) in [6, 6.07) is 3.79. The van der Waals surface area contributed by atoms with Crippen LogP contribution in [-0.2, 0) is 11.1 Å².